The molecule has 196 valence electrons. The third-order valence-corrected chi connectivity index (χ3v) is 7.51. The minimum atomic E-state index is -0.266. The Bertz CT molecular complexity index is 1420. The minimum Gasteiger partial charge on any atom is -0.490 e. The standard InChI is InChI=1S/C29H27ClN2O4S2/c1-4-20-8-6-7-9-23(20)31-27(33)17-36-24-13-11-19(14-25(24)35-5-2)15-26-28(34)32(29(37)38-26)21-12-10-18(3)22(30)16-21/h6-16H,4-5,17H2,1-3H3,(H,31,33)/b26-15-. The smallest absolute Gasteiger partial charge is 0.270 e. The molecule has 1 saturated heterocycles. The third-order valence-electron chi connectivity index (χ3n) is 5.80. The monoisotopic (exact) mass is 566 g/mol. The molecule has 0 unspecified atom stereocenters. The number of hydrogen-bond donors (Lipinski definition) is 1. The molecule has 2 amide bonds. The number of carbonyl (C=O) groups is 2. The lowest BCUT2D eigenvalue weighted by Gasteiger charge is -2.15. The van der Waals surface area contributed by atoms with Gasteiger partial charge in [0.2, 0.25) is 0 Å². The SMILES string of the molecule is CCOc1cc(/C=C2\SC(=S)N(c3ccc(C)c(Cl)c3)C2=O)ccc1OCC(=O)Nc1ccccc1CC. The number of ether oxygens (including phenoxy) is 2. The number of nitrogens with one attached hydrogen (secondary N) is 1. The second-order valence-electron chi connectivity index (χ2n) is 8.44. The molecule has 6 nitrogen and oxygen atoms in total. The highest BCUT2D eigenvalue weighted by Gasteiger charge is 2.33. The summed E-state index contributed by atoms with van der Waals surface area (Å²) in [6.07, 6.45) is 2.57. The molecule has 0 atom stereocenters. The lowest BCUT2D eigenvalue weighted by molar-refractivity contribution is -0.118. The highest BCUT2D eigenvalue weighted by Crippen LogP contribution is 2.38. The van der Waals surface area contributed by atoms with Gasteiger partial charge in [-0.25, -0.2) is 0 Å². The minimum absolute atomic E-state index is 0.171. The summed E-state index contributed by atoms with van der Waals surface area (Å²) in [6.45, 7) is 6.04. The summed E-state index contributed by atoms with van der Waals surface area (Å²) < 4.78 is 12.0. The topological polar surface area (TPSA) is 67.9 Å². The highest BCUT2D eigenvalue weighted by atomic mass is 35.5. The van der Waals surface area contributed by atoms with Gasteiger partial charge in [0.05, 0.1) is 17.2 Å². The average molecular weight is 567 g/mol. The summed E-state index contributed by atoms with van der Waals surface area (Å²) in [6, 6.07) is 18.4. The van der Waals surface area contributed by atoms with E-state index in [2.05, 4.69) is 5.32 Å². The molecule has 4 rings (SSSR count). The lowest BCUT2D eigenvalue weighted by atomic mass is 10.1. The molecule has 0 saturated carbocycles. The van der Waals surface area contributed by atoms with Crippen LogP contribution in [0.25, 0.3) is 6.08 Å². The van der Waals surface area contributed by atoms with Gasteiger partial charge in [-0.2, -0.15) is 0 Å². The molecule has 0 aromatic heterocycles. The van der Waals surface area contributed by atoms with Crippen molar-refractivity contribution in [3.05, 3.63) is 87.3 Å². The Labute approximate surface area is 237 Å². The number of halogens is 1. The molecule has 1 heterocycles. The number of amides is 2. The highest BCUT2D eigenvalue weighted by molar-refractivity contribution is 8.27. The molecule has 38 heavy (non-hydrogen) atoms. The van der Waals surface area contributed by atoms with Gasteiger partial charge in [0, 0.05) is 10.7 Å². The van der Waals surface area contributed by atoms with Crippen molar-refractivity contribution in [3.63, 3.8) is 0 Å². The molecule has 3 aromatic rings. The first kappa shape index (κ1) is 27.7. The van der Waals surface area contributed by atoms with Crippen LogP contribution in [0.1, 0.15) is 30.5 Å². The Morgan fingerprint density at radius 2 is 1.87 bits per heavy atom. The second-order valence-corrected chi connectivity index (χ2v) is 10.5. The van der Waals surface area contributed by atoms with Crippen molar-refractivity contribution >= 4 is 69.2 Å². The lowest BCUT2D eigenvalue weighted by Crippen LogP contribution is -2.27. The molecule has 0 radical (unpaired) electrons. The van der Waals surface area contributed by atoms with Crippen molar-refractivity contribution < 1.29 is 19.1 Å². The van der Waals surface area contributed by atoms with Crippen molar-refractivity contribution in [1.29, 1.82) is 0 Å². The zero-order valence-electron chi connectivity index (χ0n) is 21.2. The zero-order chi connectivity index (χ0) is 27.2. The molecule has 9 heteroatoms. The predicted molar refractivity (Wildman–Crippen MR) is 159 cm³/mol. The number of carbonyl (C=O) groups excluding carboxylic acids is 2. The maximum atomic E-state index is 13.2. The first-order chi connectivity index (χ1) is 18.3. The summed E-state index contributed by atoms with van der Waals surface area (Å²) in [4.78, 5) is 27.7. The maximum absolute atomic E-state index is 13.2. The number of rotatable bonds is 9. The fourth-order valence-electron chi connectivity index (χ4n) is 3.84. The van der Waals surface area contributed by atoms with Gasteiger partial charge in [-0.3, -0.25) is 14.5 Å². The van der Waals surface area contributed by atoms with Gasteiger partial charge in [0.25, 0.3) is 11.8 Å². The van der Waals surface area contributed by atoms with Crippen LogP contribution in [-0.4, -0.2) is 29.3 Å². The second kappa shape index (κ2) is 12.5. The predicted octanol–water partition coefficient (Wildman–Crippen LogP) is 7.03. The Hall–Kier alpha value is -3.33. The third kappa shape index (κ3) is 6.38. The van der Waals surface area contributed by atoms with Gasteiger partial charge in [-0.05, 0) is 73.4 Å². The van der Waals surface area contributed by atoms with Gasteiger partial charge < -0.3 is 14.8 Å². The van der Waals surface area contributed by atoms with E-state index >= 15 is 0 Å². The largest absolute Gasteiger partial charge is 0.490 e. The van der Waals surface area contributed by atoms with Gasteiger partial charge in [0.15, 0.2) is 22.4 Å². The molecule has 1 fully saturated rings. The number of para-hydroxylation sites is 1. The average Bonchev–Trinajstić information content (AvgIpc) is 3.18. The van der Waals surface area contributed by atoms with Crippen molar-refractivity contribution in [2.75, 3.05) is 23.4 Å². The summed E-state index contributed by atoms with van der Waals surface area (Å²) in [5, 5.41) is 3.47. The summed E-state index contributed by atoms with van der Waals surface area (Å²) in [7, 11) is 0. The quantitative estimate of drug-likeness (QED) is 0.221. The van der Waals surface area contributed by atoms with E-state index in [1.807, 2.05) is 57.2 Å². The van der Waals surface area contributed by atoms with Crippen LogP contribution >= 0.6 is 35.6 Å². The van der Waals surface area contributed by atoms with Crippen LogP contribution in [0.15, 0.2) is 65.6 Å². The Kier molecular flexibility index (Phi) is 9.09. The number of benzene rings is 3. The summed E-state index contributed by atoms with van der Waals surface area (Å²) >= 11 is 13.0. The normalized spacial score (nSPS) is 14.2. The van der Waals surface area contributed by atoms with E-state index in [9.17, 15) is 9.59 Å². The van der Waals surface area contributed by atoms with E-state index in [0.29, 0.717) is 38.0 Å². The van der Waals surface area contributed by atoms with E-state index in [0.717, 1.165) is 28.8 Å². The molecule has 1 N–H and O–H groups in total. The molecule has 3 aromatic carbocycles. The van der Waals surface area contributed by atoms with E-state index in [1.165, 1.54) is 16.7 Å². The molecule has 0 spiro atoms. The maximum Gasteiger partial charge on any atom is 0.270 e. The van der Waals surface area contributed by atoms with Crippen LogP contribution in [0.5, 0.6) is 11.5 Å². The van der Waals surface area contributed by atoms with Gasteiger partial charge >= 0.3 is 0 Å². The molecule has 0 aliphatic carbocycles. The Morgan fingerprint density at radius 3 is 2.61 bits per heavy atom. The van der Waals surface area contributed by atoms with Crippen LogP contribution in [0.2, 0.25) is 5.02 Å². The molecular weight excluding hydrogens is 540 g/mol. The number of aryl methyl sites for hydroxylation is 2. The van der Waals surface area contributed by atoms with Crippen LogP contribution in [0, 0.1) is 6.92 Å². The van der Waals surface area contributed by atoms with Crippen LogP contribution < -0.4 is 19.7 Å². The fourth-order valence-corrected chi connectivity index (χ4v) is 5.32. The molecule has 0 bridgehead atoms. The van der Waals surface area contributed by atoms with Crippen molar-refractivity contribution in [1.82, 2.24) is 0 Å². The van der Waals surface area contributed by atoms with E-state index < -0.39 is 0 Å². The van der Waals surface area contributed by atoms with Crippen molar-refractivity contribution in [2.45, 2.75) is 27.2 Å². The van der Waals surface area contributed by atoms with Crippen LogP contribution in [0.4, 0.5) is 11.4 Å². The summed E-state index contributed by atoms with van der Waals surface area (Å²) in [5.74, 6) is 0.424. The number of thiocarbonyl (C=S) groups is 1. The van der Waals surface area contributed by atoms with Gasteiger partial charge in [0.1, 0.15) is 0 Å². The van der Waals surface area contributed by atoms with E-state index in [4.69, 9.17) is 33.3 Å². The first-order valence-electron chi connectivity index (χ1n) is 12.1. The number of hydrogen-bond acceptors (Lipinski definition) is 6. The zero-order valence-corrected chi connectivity index (χ0v) is 23.6. The summed E-state index contributed by atoms with van der Waals surface area (Å²) in [5.41, 5.74) is 4.12. The number of anilines is 2. The van der Waals surface area contributed by atoms with Crippen LogP contribution in [-0.2, 0) is 16.0 Å². The molecule has 1 aliphatic heterocycles. The van der Waals surface area contributed by atoms with Crippen LogP contribution in [0.3, 0.4) is 0 Å². The fraction of sp³-hybridized carbons (Fsp3) is 0.207. The van der Waals surface area contributed by atoms with E-state index in [1.54, 1.807) is 30.3 Å². The molecule has 1 aliphatic rings. The van der Waals surface area contributed by atoms with Crippen molar-refractivity contribution in [3.8, 4) is 11.5 Å². The number of nitrogens with zero attached hydrogens (tertiary/aromatic N) is 1. The molecular formula is C29H27ClN2O4S2. The number of thioether (sulfide) groups is 1. The van der Waals surface area contributed by atoms with Gasteiger partial charge in [-0.1, -0.05) is 72.8 Å². The Balaban J connectivity index is 1.48. The van der Waals surface area contributed by atoms with Crippen molar-refractivity contribution in [2.24, 2.45) is 0 Å². The Morgan fingerprint density at radius 1 is 1.08 bits per heavy atom. The van der Waals surface area contributed by atoms with E-state index in [-0.39, 0.29) is 18.4 Å². The first-order valence-corrected chi connectivity index (χ1v) is 13.7. The van der Waals surface area contributed by atoms with Gasteiger partial charge in [-0.15, -0.1) is 0 Å².